The number of nitrogens with zero attached hydrogens (tertiary/aromatic N) is 2. The number of amides is 1. The SMILES string of the molecule is CCCCSCC(=O)N(CC(C)c1cccnc1)c1ccc(OC(F)(F)C(F)(F)F)cc1. The average molecular weight is 477 g/mol. The molecular weight excluding hydrogens is 451 g/mol. The molecule has 2 aromatic rings. The lowest BCUT2D eigenvalue weighted by molar-refractivity contribution is -0.360. The summed E-state index contributed by atoms with van der Waals surface area (Å²) in [5.74, 6) is 0.133. The highest BCUT2D eigenvalue weighted by Crippen LogP contribution is 2.37. The molecule has 0 spiro atoms. The minimum absolute atomic E-state index is 0.0845. The Labute approximate surface area is 188 Å². The van der Waals surface area contributed by atoms with Gasteiger partial charge in [0.2, 0.25) is 5.91 Å². The van der Waals surface area contributed by atoms with Gasteiger partial charge in [-0.3, -0.25) is 9.78 Å². The molecule has 1 unspecified atom stereocenters. The maximum Gasteiger partial charge on any atom is 0.499 e. The van der Waals surface area contributed by atoms with E-state index in [1.807, 2.05) is 13.0 Å². The molecule has 0 saturated carbocycles. The molecule has 0 N–H and O–H groups in total. The predicted octanol–water partition coefficient (Wildman–Crippen LogP) is 6.29. The summed E-state index contributed by atoms with van der Waals surface area (Å²) in [4.78, 5) is 18.5. The second-order valence-electron chi connectivity index (χ2n) is 7.21. The Morgan fingerprint density at radius 1 is 1.16 bits per heavy atom. The number of anilines is 1. The second kappa shape index (κ2) is 11.5. The maximum absolute atomic E-state index is 13.1. The number of alkyl halides is 5. The van der Waals surface area contributed by atoms with E-state index in [4.69, 9.17) is 0 Å². The summed E-state index contributed by atoms with van der Waals surface area (Å²) in [7, 11) is 0. The van der Waals surface area contributed by atoms with Gasteiger partial charge in [-0.05, 0) is 48.1 Å². The number of thioether (sulfide) groups is 1. The van der Waals surface area contributed by atoms with Crippen LogP contribution in [0.3, 0.4) is 0 Å². The van der Waals surface area contributed by atoms with Crippen LogP contribution in [-0.2, 0) is 4.79 Å². The van der Waals surface area contributed by atoms with Crippen LogP contribution < -0.4 is 9.64 Å². The van der Waals surface area contributed by atoms with Gasteiger partial charge in [-0.15, -0.1) is 0 Å². The van der Waals surface area contributed by atoms with Crippen molar-refractivity contribution in [2.45, 2.75) is 44.9 Å². The normalized spacial score (nSPS) is 13.0. The van der Waals surface area contributed by atoms with Gasteiger partial charge in [0.05, 0.1) is 5.75 Å². The number of benzene rings is 1. The van der Waals surface area contributed by atoms with Crippen LogP contribution in [0, 0.1) is 0 Å². The van der Waals surface area contributed by atoms with Crippen molar-refractivity contribution in [2.75, 3.05) is 23.0 Å². The zero-order chi connectivity index (χ0) is 23.8. The van der Waals surface area contributed by atoms with Crippen LogP contribution >= 0.6 is 11.8 Å². The third-order valence-electron chi connectivity index (χ3n) is 4.60. The molecule has 4 nitrogen and oxygen atoms in total. The van der Waals surface area contributed by atoms with Gasteiger partial charge in [-0.25, -0.2) is 0 Å². The van der Waals surface area contributed by atoms with E-state index in [1.54, 1.807) is 18.5 Å². The minimum Gasteiger partial charge on any atom is -0.426 e. The van der Waals surface area contributed by atoms with Crippen LogP contribution in [0.5, 0.6) is 5.75 Å². The van der Waals surface area contributed by atoms with Crippen LogP contribution in [0.4, 0.5) is 27.6 Å². The van der Waals surface area contributed by atoms with Crippen molar-refractivity contribution in [1.82, 2.24) is 4.98 Å². The number of carbonyl (C=O) groups is 1. The number of halogens is 5. The fourth-order valence-electron chi connectivity index (χ4n) is 2.78. The van der Waals surface area contributed by atoms with E-state index in [9.17, 15) is 26.7 Å². The van der Waals surface area contributed by atoms with E-state index in [0.717, 1.165) is 36.3 Å². The predicted molar refractivity (Wildman–Crippen MR) is 115 cm³/mol. The third kappa shape index (κ3) is 7.36. The Balaban J connectivity index is 2.19. The minimum atomic E-state index is -5.83. The van der Waals surface area contributed by atoms with Crippen LogP contribution in [0.2, 0.25) is 0 Å². The van der Waals surface area contributed by atoms with Gasteiger partial charge in [-0.1, -0.05) is 26.3 Å². The lowest BCUT2D eigenvalue weighted by Gasteiger charge is -2.27. The van der Waals surface area contributed by atoms with Gasteiger partial charge in [-0.2, -0.15) is 33.7 Å². The number of pyridine rings is 1. The molecule has 1 heterocycles. The molecule has 0 aliphatic carbocycles. The Morgan fingerprint density at radius 3 is 2.41 bits per heavy atom. The summed E-state index contributed by atoms with van der Waals surface area (Å²) < 4.78 is 67.2. The number of hydrogen-bond donors (Lipinski definition) is 0. The smallest absolute Gasteiger partial charge is 0.426 e. The first-order chi connectivity index (χ1) is 15.0. The Bertz CT molecular complexity index is 848. The molecular formula is C22H25F5N2O2S. The summed E-state index contributed by atoms with van der Waals surface area (Å²) in [5, 5.41) is 0. The van der Waals surface area contributed by atoms with Crippen molar-refractivity contribution >= 4 is 23.4 Å². The maximum atomic E-state index is 13.1. The molecule has 32 heavy (non-hydrogen) atoms. The Morgan fingerprint density at radius 2 is 1.84 bits per heavy atom. The molecule has 1 amide bonds. The van der Waals surface area contributed by atoms with Crippen LogP contribution in [-0.4, -0.2) is 41.2 Å². The monoisotopic (exact) mass is 476 g/mol. The molecule has 2 rings (SSSR count). The highest BCUT2D eigenvalue weighted by molar-refractivity contribution is 7.99. The fraction of sp³-hybridized carbons (Fsp3) is 0.455. The summed E-state index contributed by atoms with van der Waals surface area (Å²) in [6.45, 7) is 4.26. The summed E-state index contributed by atoms with van der Waals surface area (Å²) in [5.41, 5.74) is 1.29. The number of rotatable bonds is 11. The molecule has 0 saturated heterocycles. The van der Waals surface area contributed by atoms with Crippen molar-refractivity contribution in [3.05, 3.63) is 54.4 Å². The zero-order valence-electron chi connectivity index (χ0n) is 17.7. The van der Waals surface area contributed by atoms with E-state index in [-0.39, 0.29) is 24.1 Å². The molecule has 1 atom stereocenters. The Hall–Kier alpha value is -2.36. The number of unbranched alkanes of at least 4 members (excludes halogenated alkanes) is 1. The van der Waals surface area contributed by atoms with E-state index >= 15 is 0 Å². The number of ether oxygens (including phenoxy) is 1. The molecule has 0 fully saturated rings. The largest absolute Gasteiger partial charge is 0.499 e. The quantitative estimate of drug-likeness (QED) is 0.283. The number of aromatic nitrogens is 1. The molecule has 0 aliphatic heterocycles. The fourth-order valence-corrected chi connectivity index (χ4v) is 3.75. The first-order valence-electron chi connectivity index (χ1n) is 10.1. The molecule has 176 valence electrons. The topological polar surface area (TPSA) is 42.4 Å². The number of hydrogen-bond acceptors (Lipinski definition) is 4. The van der Waals surface area contributed by atoms with Crippen molar-refractivity contribution < 1.29 is 31.5 Å². The average Bonchev–Trinajstić information content (AvgIpc) is 2.75. The molecule has 0 bridgehead atoms. The van der Waals surface area contributed by atoms with Gasteiger partial charge in [0, 0.05) is 30.5 Å². The van der Waals surface area contributed by atoms with Crippen LogP contribution in [0.1, 0.15) is 38.2 Å². The molecule has 1 aromatic heterocycles. The molecule has 10 heteroatoms. The standard InChI is InChI=1S/C22H25F5N2O2S/c1-3-4-12-32-15-20(30)29(14-16(2)17-6-5-11-28-13-17)18-7-9-19(10-8-18)31-22(26,27)21(23,24)25/h5-11,13,16H,3-4,12,14-15H2,1-2H3. The summed E-state index contributed by atoms with van der Waals surface area (Å²) in [6, 6.07) is 8.25. The first kappa shape index (κ1) is 25.9. The van der Waals surface area contributed by atoms with Crippen molar-refractivity contribution in [2.24, 2.45) is 0 Å². The van der Waals surface area contributed by atoms with Gasteiger partial charge in [0.25, 0.3) is 0 Å². The van der Waals surface area contributed by atoms with Gasteiger partial charge >= 0.3 is 12.3 Å². The zero-order valence-corrected chi connectivity index (χ0v) is 18.6. The van der Waals surface area contributed by atoms with E-state index in [2.05, 4.69) is 16.6 Å². The lowest BCUT2D eigenvalue weighted by Crippen LogP contribution is -2.41. The van der Waals surface area contributed by atoms with Gasteiger partial charge in [0.1, 0.15) is 5.75 Å². The highest BCUT2D eigenvalue weighted by Gasteiger charge is 2.61. The summed E-state index contributed by atoms with van der Waals surface area (Å²) >= 11 is 1.49. The highest BCUT2D eigenvalue weighted by atomic mass is 32.2. The van der Waals surface area contributed by atoms with Crippen molar-refractivity contribution in [3.63, 3.8) is 0 Å². The number of carbonyl (C=O) groups excluding carboxylic acids is 1. The van der Waals surface area contributed by atoms with E-state index in [0.29, 0.717) is 5.69 Å². The van der Waals surface area contributed by atoms with Crippen LogP contribution in [0.25, 0.3) is 0 Å². The van der Waals surface area contributed by atoms with E-state index < -0.39 is 18.0 Å². The second-order valence-corrected chi connectivity index (χ2v) is 8.31. The van der Waals surface area contributed by atoms with Crippen LogP contribution in [0.15, 0.2) is 48.8 Å². The lowest BCUT2D eigenvalue weighted by atomic mass is 10.0. The third-order valence-corrected chi connectivity index (χ3v) is 5.63. The summed E-state index contributed by atoms with van der Waals surface area (Å²) in [6.07, 6.45) is -5.83. The molecule has 1 aromatic carbocycles. The molecule has 0 aliphatic rings. The van der Waals surface area contributed by atoms with Crippen molar-refractivity contribution in [3.8, 4) is 5.75 Å². The molecule has 0 radical (unpaired) electrons. The first-order valence-corrected chi connectivity index (χ1v) is 11.2. The Kier molecular flexibility index (Phi) is 9.30. The van der Waals surface area contributed by atoms with Gasteiger partial charge in [0.15, 0.2) is 0 Å². The van der Waals surface area contributed by atoms with E-state index in [1.165, 1.54) is 28.8 Å². The van der Waals surface area contributed by atoms with Gasteiger partial charge < -0.3 is 9.64 Å². The van der Waals surface area contributed by atoms with Crippen molar-refractivity contribution in [1.29, 1.82) is 0 Å².